The number of aliphatic carboxylic acids is 1. The van der Waals surface area contributed by atoms with Gasteiger partial charge < -0.3 is 5.11 Å². The lowest BCUT2D eigenvalue weighted by Gasteiger charge is -2.00. The van der Waals surface area contributed by atoms with E-state index in [2.05, 4.69) is 5.10 Å². The summed E-state index contributed by atoms with van der Waals surface area (Å²) in [6.45, 7) is 0.508. The van der Waals surface area contributed by atoms with Crippen LogP contribution in [0.2, 0.25) is 0 Å². The van der Waals surface area contributed by atoms with Crippen molar-refractivity contribution >= 4 is 11.8 Å². The number of hydrogen-bond donors (Lipinski definition) is 1. The van der Waals surface area contributed by atoms with E-state index in [9.17, 15) is 9.59 Å². The second-order valence-corrected chi connectivity index (χ2v) is 3.55. The first-order valence-electron chi connectivity index (χ1n) is 5.01. The lowest BCUT2D eigenvalue weighted by Crippen LogP contribution is -2.11. The monoisotopic (exact) mass is 230 g/mol. The minimum Gasteiger partial charge on any atom is -0.475 e. The van der Waals surface area contributed by atoms with Crippen LogP contribution in [0.4, 0.5) is 0 Å². The van der Waals surface area contributed by atoms with Crippen LogP contribution in [-0.4, -0.2) is 26.6 Å². The van der Waals surface area contributed by atoms with Crippen molar-refractivity contribution in [3.05, 3.63) is 53.9 Å². The first-order valence-corrected chi connectivity index (χ1v) is 5.01. The molecule has 1 N–H and O–H groups in total. The SMILES string of the molecule is O=C(O)C(=O)c1cnn(Cc2ccccc2)c1. The Kier molecular flexibility index (Phi) is 3.00. The second-order valence-electron chi connectivity index (χ2n) is 3.55. The molecule has 5 nitrogen and oxygen atoms in total. The smallest absolute Gasteiger partial charge is 0.377 e. The van der Waals surface area contributed by atoms with Crippen LogP contribution in [0.3, 0.4) is 0 Å². The molecule has 2 rings (SSSR count). The van der Waals surface area contributed by atoms with Crippen molar-refractivity contribution in [2.45, 2.75) is 6.54 Å². The van der Waals surface area contributed by atoms with Crippen molar-refractivity contribution < 1.29 is 14.7 Å². The van der Waals surface area contributed by atoms with Crippen LogP contribution >= 0.6 is 0 Å². The fraction of sp³-hybridized carbons (Fsp3) is 0.0833. The number of ketones is 1. The van der Waals surface area contributed by atoms with Gasteiger partial charge in [-0.2, -0.15) is 5.10 Å². The Labute approximate surface area is 97.3 Å². The number of carboxylic acids is 1. The Morgan fingerprint density at radius 3 is 2.59 bits per heavy atom. The summed E-state index contributed by atoms with van der Waals surface area (Å²) in [6.07, 6.45) is 2.70. The molecule has 0 aliphatic carbocycles. The Morgan fingerprint density at radius 2 is 1.94 bits per heavy atom. The quantitative estimate of drug-likeness (QED) is 0.632. The average molecular weight is 230 g/mol. The van der Waals surface area contributed by atoms with Crippen molar-refractivity contribution in [1.82, 2.24) is 9.78 Å². The standard InChI is InChI=1S/C12H10N2O3/c15-11(12(16)17)10-6-13-14(8-10)7-9-4-2-1-3-5-9/h1-6,8H,7H2,(H,16,17). The van der Waals surface area contributed by atoms with E-state index in [-0.39, 0.29) is 5.56 Å². The predicted octanol–water partition coefficient (Wildman–Crippen LogP) is 1.20. The van der Waals surface area contributed by atoms with Gasteiger partial charge in [-0.25, -0.2) is 4.79 Å². The number of nitrogens with zero attached hydrogens (tertiary/aromatic N) is 2. The molecular formula is C12H10N2O3. The Hall–Kier alpha value is -2.43. The third kappa shape index (κ3) is 2.57. The molecule has 0 unspecified atom stereocenters. The number of carbonyl (C=O) groups is 2. The molecule has 0 radical (unpaired) electrons. The maximum atomic E-state index is 11.2. The highest BCUT2D eigenvalue weighted by Crippen LogP contribution is 2.04. The van der Waals surface area contributed by atoms with Crippen LogP contribution in [0.25, 0.3) is 0 Å². The maximum absolute atomic E-state index is 11.2. The highest BCUT2D eigenvalue weighted by atomic mass is 16.4. The molecule has 0 aliphatic rings. The number of aromatic nitrogens is 2. The third-order valence-electron chi connectivity index (χ3n) is 2.28. The van der Waals surface area contributed by atoms with Gasteiger partial charge in [-0.05, 0) is 5.56 Å². The molecule has 1 heterocycles. The normalized spacial score (nSPS) is 10.1. The van der Waals surface area contributed by atoms with Gasteiger partial charge in [0.1, 0.15) is 0 Å². The van der Waals surface area contributed by atoms with Gasteiger partial charge in [0.25, 0.3) is 5.78 Å². The zero-order valence-electron chi connectivity index (χ0n) is 8.91. The van der Waals surface area contributed by atoms with Gasteiger partial charge in [0.05, 0.1) is 18.3 Å². The Balaban J connectivity index is 2.14. The maximum Gasteiger partial charge on any atom is 0.377 e. The summed E-state index contributed by atoms with van der Waals surface area (Å²) in [4.78, 5) is 21.6. The summed E-state index contributed by atoms with van der Waals surface area (Å²) in [5, 5.41) is 12.5. The fourth-order valence-corrected chi connectivity index (χ4v) is 1.46. The van der Waals surface area contributed by atoms with Gasteiger partial charge in [0.15, 0.2) is 0 Å². The minimum atomic E-state index is -1.47. The van der Waals surface area contributed by atoms with Gasteiger partial charge in [0, 0.05) is 6.20 Å². The fourth-order valence-electron chi connectivity index (χ4n) is 1.46. The van der Waals surface area contributed by atoms with E-state index >= 15 is 0 Å². The molecule has 5 heteroatoms. The summed E-state index contributed by atoms with van der Waals surface area (Å²) >= 11 is 0. The van der Waals surface area contributed by atoms with E-state index in [1.807, 2.05) is 30.3 Å². The Morgan fingerprint density at radius 1 is 1.24 bits per heavy atom. The first-order chi connectivity index (χ1) is 8.16. The van der Waals surface area contributed by atoms with Crippen molar-refractivity contribution in [1.29, 1.82) is 0 Å². The first kappa shape index (κ1) is 11.1. The molecular weight excluding hydrogens is 220 g/mol. The minimum absolute atomic E-state index is 0.0911. The van der Waals surface area contributed by atoms with Crippen LogP contribution in [0.15, 0.2) is 42.7 Å². The topological polar surface area (TPSA) is 72.2 Å². The van der Waals surface area contributed by atoms with E-state index in [0.717, 1.165) is 5.56 Å². The summed E-state index contributed by atoms with van der Waals surface area (Å²) in [5.74, 6) is -2.41. The van der Waals surface area contributed by atoms with Gasteiger partial charge in [0.2, 0.25) is 0 Å². The molecule has 17 heavy (non-hydrogen) atoms. The lowest BCUT2D eigenvalue weighted by atomic mass is 10.2. The van der Waals surface area contributed by atoms with Crippen LogP contribution in [0.1, 0.15) is 15.9 Å². The molecule has 2 aromatic rings. The van der Waals surface area contributed by atoms with Crippen LogP contribution < -0.4 is 0 Å². The van der Waals surface area contributed by atoms with Gasteiger partial charge in [-0.15, -0.1) is 0 Å². The van der Waals surface area contributed by atoms with Crippen LogP contribution in [0.5, 0.6) is 0 Å². The van der Waals surface area contributed by atoms with Crippen molar-refractivity contribution in [2.24, 2.45) is 0 Å². The molecule has 86 valence electrons. The third-order valence-corrected chi connectivity index (χ3v) is 2.28. The van der Waals surface area contributed by atoms with Gasteiger partial charge in [-0.3, -0.25) is 9.48 Å². The number of benzene rings is 1. The van der Waals surface area contributed by atoms with E-state index in [4.69, 9.17) is 5.11 Å². The molecule has 1 aromatic carbocycles. The number of carboxylic acid groups (broad SMARTS) is 1. The van der Waals surface area contributed by atoms with Crippen molar-refractivity contribution in [2.75, 3.05) is 0 Å². The molecule has 0 amide bonds. The lowest BCUT2D eigenvalue weighted by molar-refractivity contribution is -0.131. The van der Waals surface area contributed by atoms with Gasteiger partial charge >= 0.3 is 5.97 Å². The van der Waals surface area contributed by atoms with E-state index in [1.165, 1.54) is 17.1 Å². The molecule has 0 spiro atoms. The summed E-state index contributed by atoms with van der Waals surface area (Å²) < 4.78 is 1.53. The van der Waals surface area contributed by atoms with E-state index in [1.54, 1.807) is 0 Å². The molecule has 1 aromatic heterocycles. The number of rotatable bonds is 4. The number of carbonyl (C=O) groups excluding carboxylic acids is 1. The van der Waals surface area contributed by atoms with Crippen molar-refractivity contribution in [3.8, 4) is 0 Å². The molecule has 0 fully saturated rings. The van der Waals surface area contributed by atoms with E-state index in [0.29, 0.717) is 6.54 Å². The Bertz CT molecular complexity index is 546. The molecule has 0 saturated heterocycles. The number of hydrogen-bond acceptors (Lipinski definition) is 3. The summed E-state index contributed by atoms with van der Waals surface area (Å²) in [6, 6.07) is 9.58. The van der Waals surface area contributed by atoms with Crippen molar-refractivity contribution in [3.63, 3.8) is 0 Å². The highest BCUT2D eigenvalue weighted by Gasteiger charge is 2.16. The molecule has 0 atom stereocenters. The molecule has 0 saturated carbocycles. The van der Waals surface area contributed by atoms with Gasteiger partial charge in [-0.1, -0.05) is 30.3 Å². The zero-order chi connectivity index (χ0) is 12.3. The van der Waals surface area contributed by atoms with E-state index < -0.39 is 11.8 Å². The average Bonchev–Trinajstić information content (AvgIpc) is 2.77. The molecule has 0 aliphatic heterocycles. The predicted molar refractivity (Wildman–Crippen MR) is 59.7 cm³/mol. The van der Waals surface area contributed by atoms with Crippen LogP contribution in [-0.2, 0) is 11.3 Å². The van der Waals surface area contributed by atoms with Crippen LogP contribution in [0, 0.1) is 0 Å². The summed E-state index contributed by atoms with van der Waals surface area (Å²) in [7, 11) is 0. The highest BCUT2D eigenvalue weighted by molar-refractivity contribution is 6.39. The zero-order valence-corrected chi connectivity index (χ0v) is 8.91. The second kappa shape index (κ2) is 4.61. The number of Topliss-reactive ketones (excluding diaryl/α,β-unsaturated/α-hetero) is 1. The molecule has 0 bridgehead atoms. The summed E-state index contributed by atoms with van der Waals surface area (Å²) in [5.41, 5.74) is 1.12. The largest absolute Gasteiger partial charge is 0.475 e.